The first kappa shape index (κ1) is 9.94. The minimum absolute atomic E-state index is 0.787. The van der Waals surface area contributed by atoms with E-state index in [0.29, 0.717) is 0 Å². The number of nitrogens with one attached hydrogen (secondary N) is 1. The van der Waals surface area contributed by atoms with Gasteiger partial charge in [-0.05, 0) is 37.7 Å². The number of hydrogen-bond donors (Lipinski definition) is 1. The van der Waals surface area contributed by atoms with Crippen LogP contribution in [0.5, 0.6) is 0 Å². The van der Waals surface area contributed by atoms with E-state index in [1.165, 1.54) is 37.9 Å². The van der Waals surface area contributed by atoms with Crippen LogP contribution >= 0.6 is 0 Å². The van der Waals surface area contributed by atoms with Gasteiger partial charge >= 0.3 is 0 Å². The standard InChI is InChI=1S/C13H19N3/c1-14-11-6-13(8-15-7-11)16(12-4-5-12)9-10-2-3-10/h6-8,10,12,14H,2-5,9H2,1H3. The minimum Gasteiger partial charge on any atom is -0.387 e. The quantitative estimate of drug-likeness (QED) is 0.821. The highest BCUT2D eigenvalue weighted by Crippen LogP contribution is 2.37. The molecule has 1 aromatic rings. The molecule has 1 aromatic heterocycles. The summed E-state index contributed by atoms with van der Waals surface area (Å²) in [5.41, 5.74) is 2.40. The zero-order valence-corrected chi connectivity index (χ0v) is 9.82. The molecule has 2 aliphatic carbocycles. The van der Waals surface area contributed by atoms with Crippen LogP contribution in [0.2, 0.25) is 0 Å². The molecular formula is C13H19N3. The number of aromatic nitrogens is 1. The Morgan fingerprint density at radius 2 is 2.12 bits per heavy atom. The Bertz CT molecular complexity index is 369. The van der Waals surface area contributed by atoms with Crippen molar-refractivity contribution in [3.63, 3.8) is 0 Å². The van der Waals surface area contributed by atoms with Gasteiger partial charge in [-0.3, -0.25) is 4.98 Å². The fraction of sp³-hybridized carbons (Fsp3) is 0.615. The maximum absolute atomic E-state index is 4.31. The lowest BCUT2D eigenvalue weighted by atomic mass is 10.3. The lowest BCUT2D eigenvalue weighted by Crippen LogP contribution is -2.28. The second-order valence-corrected chi connectivity index (χ2v) is 5.01. The van der Waals surface area contributed by atoms with Gasteiger partial charge in [-0.15, -0.1) is 0 Å². The molecule has 1 N–H and O–H groups in total. The Kier molecular flexibility index (Phi) is 2.46. The molecule has 16 heavy (non-hydrogen) atoms. The summed E-state index contributed by atoms with van der Waals surface area (Å²) in [7, 11) is 1.95. The summed E-state index contributed by atoms with van der Waals surface area (Å²) in [6.07, 6.45) is 9.44. The van der Waals surface area contributed by atoms with Crippen molar-refractivity contribution in [3.05, 3.63) is 18.5 Å². The molecule has 2 saturated carbocycles. The molecule has 1 heterocycles. The van der Waals surface area contributed by atoms with Crippen molar-refractivity contribution < 1.29 is 0 Å². The van der Waals surface area contributed by atoms with Gasteiger partial charge in [0, 0.05) is 19.6 Å². The first-order chi connectivity index (χ1) is 7.86. The van der Waals surface area contributed by atoms with Crippen LogP contribution in [-0.2, 0) is 0 Å². The van der Waals surface area contributed by atoms with E-state index in [1.54, 1.807) is 0 Å². The molecule has 0 bridgehead atoms. The predicted octanol–water partition coefficient (Wildman–Crippen LogP) is 2.50. The third-order valence-corrected chi connectivity index (χ3v) is 3.48. The largest absolute Gasteiger partial charge is 0.387 e. The lowest BCUT2D eigenvalue weighted by molar-refractivity contribution is 0.717. The minimum atomic E-state index is 0.787. The zero-order chi connectivity index (χ0) is 11.0. The molecule has 3 rings (SSSR count). The second kappa shape index (κ2) is 3.96. The van der Waals surface area contributed by atoms with Crippen molar-refractivity contribution in [1.29, 1.82) is 0 Å². The first-order valence-electron chi connectivity index (χ1n) is 6.26. The van der Waals surface area contributed by atoms with E-state index in [2.05, 4.69) is 21.3 Å². The Labute approximate surface area is 96.9 Å². The van der Waals surface area contributed by atoms with Crippen molar-refractivity contribution in [3.8, 4) is 0 Å². The van der Waals surface area contributed by atoms with Crippen molar-refractivity contribution in [2.45, 2.75) is 31.7 Å². The van der Waals surface area contributed by atoms with E-state index in [0.717, 1.165) is 17.6 Å². The normalized spacial score (nSPS) is 19.6. The van der Waals surface area contributed by atoms with E-state index >= 15 is 0 Å². The number of pyridine rings is 1. The van der Waals surface area contributed by atoms with E-state index in [4.69, 9.17) is 0 Å². The fourth-order valence-corrected chi connectivity index (χ4v) is 2.15. The molecule has 0 radical (unpaired) electrons. The first-order valence-corrected chi connectivity index (χ1v) is 6.26. The van der Waals surface area contributed by atoms with Crippen molar-refractivity contribution >= 4 is 11.4 Å². The summed E-state index contributed by atoms with van der Waals surface area (Å²) in [4.78, 5) is 6.87. The molecular weight excluding hydrogens is 198 g/mol. The maximum Gasteiger partial charge on any atom is 0.0576 e. The molecule has 0 saturated heterocycles. The number of rotatable bonds is 5. The summed E-state index contributed by atoms with van der Waals surface area (Å²) in [6, 6.07) is 3.00. The summed E-state index contributed by atoms with van der Waals surface area (Å²) >= 11 is 0. The van der Waals surface area contributed by atoms with Gasteiger partial charge < -0.3 is 10.2 Å². The molecule has 0 unspecified atom stereocenters. The third-order valence-electron chi connectivity index (χ3n) is 3.48. The van der Waals surface area contributed by atoms with Gasteiger partial charge in [-0.2, -0.15) is 0 Å². The van der Waals surface area contributed by atoms with Gasteiger partial charge in [-0.1, -0.05) is 0 Å². The van der Waals surface area contributed by atoms with Crippen LogP contribution < -0.4 is 10.2 Å². The Morgan fingerprint density at radius 3 is 2.75 bits per heavy atom. The van der Waals surface area contributed by atoms with Crippen LogP contribution in [0.15, 0.2) is 18.5 Å². The maximum atomic E-state index is 4.31. The highest BCUT2D eigenvalue weighted by atomic mass is 15.2. The molecule has 3 heteroatoms. The highest BCUT2D eigenvalue weighted by Gasteiger charge is 2.33. The van der Waals surface area contributed by atoms with Gasteiger partial charge in [0.1, 0.15) is 0 Å². The van der Waals surface area contributed by atoms with Crippen molar-refractivity contribution in [1.82, 2.24) is 4.98 Å². The van der Waals surface area contributed by atoms with Crippen molar-refractivity contribution in [2.75, 3.05) is 23.8 Å². The summed E-state index contributed by atoms with van der Waals surface area (Å²) in [5, 5.41) is 3.16. The van der Waals surface area contributed by atoms with E-state index in [1.807, 2.05) is 19.4 Å². The number of anilines is 2. The average molecular weight is 217 g/mol. The third kappa shape index (κ3) is 2.13. The van der Waals surface area contributed by atoms with Gasteiger partial charge in [0.25, 0.3) is 0 Å². The molecule has 3 nitrogen and oxygen atoms in total. The van der Waals surface area contributed by atoms with Gasteiger partial charge in [0.2, 0.25) is 0 Å². The Hall–Kier alpha value is -1.25. The van der Waals surface area contributed by atoms with Crippen LogP contribution in [-0.4, -0.2) is 24.6 Å². The monoisotopic (exact) mass is 217 g/mol. The smallest absolute Gasteiger partial charge is 0.0576 e. The van der Waals surface area contributed by atoms with Gasteiger partial charge in [-0.25, -0.2) is 0 Å². The number of hydrogen-bond acceptors (Lipinski definition) is 3. The molecule has 0 aliphatic heterocycles. The zero-order valence-electron chi connectivity index (χ0n) is 9.82. The van der Waals surface area contributed by atoms with Crippen molar-refractivity contribution in [2.24, 2.45) is 5.92 Å². The highest BCUT2D eigenvalue weighted by molar-refractivity contribution is 5.56. The van der Waals surface area contributed by atoms with E-state index < -0.39 is 0 Å². The molecule has 2 fully saturated rings. The molecule has 0 spiro atoms. The molecule has 0 amide bonds. The fourth-order valence-electron chi connectivity index (χ4n) is 2.15. The molecule has 0 atom stereocenters. The SMILES string of the molecule is CNc1cncc(N(CC2CC2)C2CC2)c1. The van der Waals surface area contributed by atoms with Crippen LogP contribution in [0, 0.1) is 5.92 Å². The molecule has 0 aromatic carbocycles. The van der Waals surface area contributed by atoms with E-state index in [-0.39, 0.29) is 0 Å². The van der Waals surface area contributed by atoms with Gasteiger partial charge in [0.15, 0.2) is 0 Å². The van der Waals surface area contributed by atoms with Crippen LogP contribution in [0.25, 0.3) is 0 Å². The van der Waals surface area contributed by atoms with Crippen LogP contribution in [0.1, 0.15) is 25.7 Å². The topological polar surface area (TPSA) is 28.2 Å². The predicted molar refractivity (Wildman–Crippen MR) is 66.9 cm³/mol. The van der Waals surface area contributed by atoms with Crippen LogP contribution in [0.3, 0.4) is 0 Å². The summed E-state index contributed by atoms with van der Waals surface area (Å²) in [6.45, 7) is 1.24. The lowest BCUT2D eigenvalue weighted by Gasteiger charge is -2.24. The summed E-state index contributed by atoms with van der Waals surface area (Å²) < 4.78 is 0. The Balaban J connectivity index is 1.79. The number of nitrogens with zero attached hydrogens (tertiary/aromatic N) is 2. The Morgan fingerprint density at radius 1 is 1.31 bits per heavy atom. The average Bonchev–Trinajstić information content (AvgIpc) is 3.16. The second-order valence-electron chi connectivity index (χ2n) is 5.01. The van der Waals surface area contributed by atoms with E-state index in [9.17, 15) is 0 Å². The summed E-state index contributed by atoms with van der Waals surface area (Å²) in [5.74, 6) is 0.943. The molecule has 2 aliphatic rings. The van der Waals surface area contributed by atoms with Crippen LogP contribution in [0.4, 0.5) is 11.4 Å². The van der Waals surface area contributed by atoms with Gasteiger partial charge in [0.05, 0.1) is 23.8 Å². The molecule has 86 valence electrons.